The fourth-order valence-corrected chi connectivity index (χ4v) is 4.67. The largest absolute Gasteiger partial charge is 0.496 e. The van der Waals surface area contributed by atoms with E-state index in [1.54, 1.807) is 24.1 Å². The maximum Gasteiger partial charge on any atom is 0.261 e. The molecule has 0 N–H and O–H groups in total. The molecule has 7 heteroatoms. The number of nitrogens with zero attached hydrogens (tertiary/aromatic N) is 4. The van der Waals surface area contributed by atoms with Gasteiger partial charge in [-0.1, -0.05) is 30.3 Å². The van der Waals surface area contributed by atoms with Crippen LogP contribution in [0, 0.1) is 5.92 Å². The highest BCUT2D eigenvalue weighted by Crippen LogP contribution is 2.21. The quantitative estimate of drug-likeness (QED) is 0.530. The van der Waals surface area contributed by atoms with Crippen molar-refractivity contribution in [1.82, 2.24) is 19.4 Å². The number of hydrogen-bond acceptors (Lipinski definition) is 5. The van der Waals surface area contributed by atoms with Crippen molar-refractivity contribution in [3.63, 3.8) is 0 Å². The minimum Gasteiger partial charge on any atom is -0.496 e. The molecule has 0 radical (unpaired) electrons. The third-order valence-corrected chi connectivity index (χ3v) is 6.49. The zero-order valence-electron chi connectivity index (χ0n) is 19.4. The Kier molecular flexibility index (Phi) is 7.40. The van der Waals surface area contributed by atoms with Gasteiger partial charge >= 0.3 is 0 Å². The van der Waals surface area contributed by atoms with Crippen LogP contribution in [0.1, 0.15) is 18.4 Å². The number of amides is 1. The Bertz CT molecular complexity index is 1160. The Morgan fingerprint density at radius 2 is 1.97 bits per heavy atom. The third kappa shape index (κ3) is 5.60. The number of ether oxygens (including phenoxy) is 1. The van der Waals surface area contributed by atoms with Crippen molar-refractivity contribution in [2.24, 2.45) is 5.92 Å². The first kappa shape index (κ1) is 23.0. The van der Waals surface area contributed by atoms with E-state index < -0.39 is 0 Å². The summed E-state index contributed by atoms with van der Waals surface area (Å²) in [4.78, 5) is 34.1. The highest BCUT2D eigenvalue weighted by Gasteiger charge is 2.23. The molecule has 1 atom stereocenters. The molecule has 0 spiro atoms. The number of aromatic nitrogens is 2. The summed E-state index contributed by atoms with van der Waals surface area (Å²) >= 11 is 0. The molecule has 0 saturated carbocycles. The monoisotopic (exact) mass is 448 g/mol. The van der Waals surface area contributed by atoms with E-state index in [2.05, 4.69) is 16.0 Å². The molecular formula is C26H32N4O3. The topological polar surface area (TPSA) is 67.7 Å². The van der Waals surface area contributed by atoms with Crippen LogP contribution < -0.4 is 10.3 Å². The molecular weight excluding hydrogens is 416 g/mol. The maximum absolute atomic E-state index is 12.8. The van der Waals surface area contributed by atoms with E-state index in [1.807, 2.05) is 37.4 Å². The van der Waals surface area contributed by atoms with Crippen molar-refractivity contribution in [2.45, 2.75) is 25.8 Å². The first-order chi connectivity index (χ1) is 16.0. The van der Waals surface area contributed by atoms with Gasteiger partial charge in [-0.2, -0.15) is 0 Å². The summed E-state index contributed by atoms with van der Waals surface area (Å²) in [6.45, 7) is 3.75. The molecule has 4 rings (SSSR count). The minimum atomic E-state index is -0.178. The van der Waals surface area contributed by atoms with Crippen LogP contribution in [0.5, 0.6) is 5.75 Å². The standard InChI is InChI=1S/C26H32N4O3/c1-28(25(31)18-30-19-27-23-11-5-4-10-22(23)26(30)32)16-20-8-7-14-29(17-20)15-13-21-9-3-6-12-24(21)33-2/h3-6,9-12,19-20H,7-8,13-18H2,1-2H3/t20-/m1/s1. The van der Waals surface area contributed by atoms with E-state index in [9.17, 15) is 9.59 Å². The molecule has 174 valence electrons. The van der Waals surface area contributed by atoms with Crippen molar-refractivity contribution in [3.05, 3.63) is 70.8 Å². The van der Waals surface area contributed by atoms with Gasteiger partial charge in [0.2, 0.25) is 5.91 Å². The van der Waals surface area contributed by atoms with Gasteiger partial charge in [0.25, 0.3) is 5.56 Å². The fraction of sp³-hybridized carbons (Fsp3) is 0.423. The first-order valence-electron chi connectivity index (χ1n) is 11.6. The van der Waals surface area contributed by atoms with Crippen LogP contribution in [0.3, 0.4) is 0 Å². The van der Waals surface area contributed by atoms with Crippen LogP contribution in [-0.4, -0.2) is 65.6 Å². The molecule has 0 aliphatic carbocycles. The number of rotatable bonds is 8. The summed E-state index contributed by atoms with van der Waals surface area (Å²) in [5, 5.41) is 0.536. The summed E-state index contributed by atoms with van der Waals surface area (Å²) in [7, 11) is 3.54. The van der Waals surface area contributed by atoms with Gasteiger partial charge in [-0.3, -0.25) is 14.2 Å². The van der Waals surface area contributed by atoms with E-state index in [0.29, 0.717) is 23.4 Å². The highest BCUT2D eigenvalue weighted by atomic mass is 16.5. The molecule has 3 aromatic rings. The van der Waals surface area contributed by atoms with Crippen molar-refractivity contribution < 1.29 is 9.53 Å². The number of benzene rings is 2. The summed E-state index contributed by atoms with van der Waals surface area (Å²) in [6.07, 6.45) is 4.66. The molecule has 0 unspecified atom stereocenters. The zero-order chi connectivity index (χ0) is 23.2. The molecule has 1 aromatic heterocycles. The van der Waals surface area contributed by atoms with E-state index in [1.165, 1.54) is 16.5 Å². The zero-order valence-corrected chi connectivity index (χ0v) is 19.4. The molecule has 1 fully saturated rings. The molecule has 1 amide bonds. The van der Waals surface area contributed by atoms with Crippen molar-refractivity contribution >= 4 is 16.8 Å². The second kappa shape index (κ2) is 10.6. The van der Waals surface area contributed by atoms with E-state index in [4.69, 9.17) is 4.74 Å². The number of piperidine rings is 1. The van der Waals surface area contributed by atoms with Gasteiger partial charge in [-0.25, -0.2) is 4.98 Å². The van der Waals surface area contributed by atoms with Gasteiger partial charge in [-0.15, -0.1) is 0 Å². The number of carbonyl (C=O) groups is 1. The smallest absolute Gasteiger partial charge is 0.261 e. The summed E-state index contributed by atoms with van der Waals surface area (Å²) in [5.41, 5.74) is 1.70. The van der Waals surface area contributed by atoms with Crippen LogP contribution in [0.4, 0.5) is 0 Å². The summed E-state index contributed by atoms with van der Waals surface area (Å²) in [5.74, 6) is 1.30. The number of hydrogen-bond donors (Lipinski definition) is 0. The van der Waals surface area contributed by atoms with Gasteiger partial charge in [0.05, 0.1) is 24.3 Å². The number of fused-ring (bicyclic) bond motifs is 1. The molecule has 0 bridgehead atoms. The first-order valence-corrected chi connectivity index (χ1v) is 11.6. The lowest BCUT2D eigenvalue weighted by atomic mass is 9.97. The number of para-hydroxylation sites is 2. The Balaban J connectivity index is 1.31. The van der Waals surface area contributed by atoms with Gasteiger partial charge in [0.1, 0.15) is 12.3 Å². The normalized spacial score (nSPS) is 16.6. The second-order valence-electron chi connectivity index (χ2n) is 8.84. The van der Waals surface area contributed by atoms with Crippen LogP contribution in [0.25, 0.3) is 10.9 Å². The predicted octanol–water partition coefficient (Wildman–Crippen LogP) is 2.82. The van der Waals surface area contributed by atoms with Crippen LogP contribution >= 0.6 is 0 Å². The number of carbonyl (C=O) groups excluding carboxylic acids is 1. The van der Waals surface area contributed by atoms with Crippen LogP contribution in [-0.2, 0) is 17.8 Å². The van der Waals surface area contributed by atoms with Gasteiger partial charge in [-0.05, 0) is 55.5 Å². The van der Waals surface area contributed by atoms with E-state index in [0.717, 1.165) is 44.6 Å². The molecule has 33 heavy (non-hydrogen) atoms. The lowest BCUT2D eigenvalue weighted by Crippen LogP contribution is -2.43. The maximum atomic E-state index is 12.8. The van der Waals surface area contributed by atoms with Crippen molar-refractivity contribution in [3.8, 4) is 5.75 Å². The third-order valence-electron chi connectivity index (χ3n) is 6.49. The van der Waals surface area contributed by atoms with Gasteiger partial charge < -0.3 is 14.5 Å². The lowest BCUT2D eigenvalue weighted by molar-refractivity contribution is -0.131. The second-order valence-corrected chi connectivity index (χ2v) is 8.84. The SMILES string of the molecule is COc1ccccc1CCN1CCC[C@H](CN(C)C(=O)Cn2cnc3ccccc3c2=O)C1. The number of likely N-dealkylation sites (N-methyl/N-ethyl adjacent to an activating group) is 1. The molecule has 7 nitrogen and oxygen atoms in total. The summed E-state index contributed by atoms with van der Waals surface area (Å²) < 4.78 is 6.88. The Labute approximate surface area is 194 Å². The Morgan fingerprint density at radius 3 is 2.82 bits per heavy atom. The predicted molar refractivity (Wildman–Crippen MR) is 130 cm³/mol. The molecule has 1 saturated heterocycles. The number of methoxy groups -OCH3 is 1. The highest BCUT2D eigenvalue weighted by molar-refractivity contribution is 5.78. The van der Waals surface area contributed by atoms with Gasteiger partial charge in [0, 0.05) is 26.7 Å². The molecule has 2 aromatic carbocycles. The van der Waals surface area contributed by atoms with Crippen LogP contribution in [0.15, 0.2) is 59.7 Å². The van der Waals surface area contributed by atoms with E-state index >= 15 is 0 Å². The Morgan fingerprint density at radius 1 is 1.18 bits per heavy atom. The molecule has 2 heterocycles. The Hall–Kier alpha value is -3.19. The number of likely N-dealkylation sites (tertiary alicyclic amines) is 1. The van der Waals surface area contributed by atoms with Gasteiger partial charge in [0.15, 0.2) is 0 Å². The summed E-state index contributed by atoms with van der Waals surface area (Å²) in [6, 6.07) is 15.4. The van der Waals surface area contributed by atoms with Crippen molar-refractivity contribution in [2.75, 3.05) is 40.3 Å². The fourth-order valence-electron chi connectivity index (χ4n) is 4.67. The lowest BCUT2D eigenvalue weighted by Gasteiger charge is -2.35. The van der Waals surface area contributed by atoms with E-state index in [-0.39, 0.29) is 18.0 Å². The molecule has 1 aliphatic rings. The molecule has 1 aliphatic heterocycles. The minimum absolute atomic E-state index is 0.0113. The average molecular weight is 449 g/mol. The van der Waals surface area contributed by atoms with Crippen LogP contribution in [0.2, 0.25) is 0 Å². The van der Waals surface area contributed by atoms with Crippen molar-refractivity contribution in [1.29, 1.82) is 0 Å². The average Bonchev–Trinajstić information content (AvgIpc) is 2.85.